The van der Waals surface area contributed by atoms with Crippen LogP contribution in [0.3, 0.4) is 0 Å². The Hall–Kier alpha value is -0.820. The van der Waals surface area contributed by atoms with Gasteiger partial charge in [0.2, 0.25) is 0 Å². The normalized spacial score (nSPS) is 13.7. The number of benzene rings is 1. The van der Waals surface area contributed by atoms with Crippen LogP contribution in [0.5, 0.6) is 5.75 Å². The van der Waals surface area contributed by atoms with Gasteiger partial charge in [0, 0.05) is 18.3 Å². The van der Waals surface area contributed by atoms with Gasteiger partial charge >= 0.3 is 0 Å². The standard InChI is InChI=1S/C13H21NO4S.ClH/c1-13(2,3)14-8-11(16)9-5-6-10(15)12(7-9)19(4,17)18;/h5-7,11,14-16H,8H2,1-4H3;1H. The highest BCUT2D eigenvalue weighted by Crippen LogP contribution is 2.26. The first-order valence-corrected chi connectivity index (χ1v) is 7.86. The number of aliphatic hydroxyl groups is 1. The number of halogens is 1. The maximum atomic E-state index is 11.5. The summed E-state index contributed by atoms with van der Waals surface area (Å²) in [4.78, 5) is -0.167. The van der Waals surface area contributed by atoms with Gasteiger partial charge in [0.05, 0.1) is 6.10 Å². The fourth-order valence-corrected chi connectivity index (χ4v) is 2.35. The van der Waals surface area contributed by atoms with Crippen LogP contribution >= 0.6 is 12.4 Å². The molecule has 20 heavy (non-hydrogen) atoms. The minimum Gasteiger partial charge on any atom is -0.507 e. The number of nitrogens with one attached hydrogen (secondary N) is 1. The van der Waals surface area contributed by atoms with Crippen molar-refractivity contribution in [1.29, 1.82) is 0 Å². The van der Waals surface area contributed by atoms with E-state index < -0.39 is 15.9 Å². The molecular weight excluding hydrogens is 302 g/mol. The van der Waals surface area contributed by atoms with Crippen molar-refractivity contribution >= 4 is 22.2 Å². The van der Waals surface area contributed by atoms with E-state index in [1.54, 1.807) is 0 Å². The maximum absolute atomic E-state index is 11.5. The van der Waals surface area contributed by atoms with Gasteiger partial charge in [-0.05, 0) is 38.5 Å². The van der Waals surface area contributed by atoms with Crippen LogP contribution in [-0.4, -0.2) is 37.0 Å². The Morgan fingerprint density at radius 1 is 1.30 bits per heavy atom. The molecule has 0 amide bonds. The molecule has 1 aromatic rings. The number of β-amino-alcohol motifs (C(OH)–C–C–N with tert-alkyl or cyclic N) is 1. The number of aromatic hydroxyl groups is 1. The summed E-state index contributed by atoms with van der Waals surface area (Å²) in [5.41, 5.74) is 0.312. The molecule has 0 aliphatic rings. The van der Waals surface area contributed by atoms with Crippen LogP contribution < -0.4 is 5.32 Å². The minimum atomic E-state index is -3.51. The quantitative estimate of drug-likeness (QED) is 0.784. The number of phenols is 1. The van der Waals surface area contributed by atoms with E-state index in [9.17, 15) is 18.6 Å². The van der Waals surface area contributed by atoms with Gasteiger partial charge in [-0.2, -0.15) is 0 Å². The van der Waals surface area contributed by atoms with Gasteiger partial charge in [0.15, 0.2) is 9.84 Å². The molecule has 7 heteroatoms. The zero-order valence-electron chi connectivity index (χ0n) is 12.0. The predicted molar refractivity (Wildman–Crippen MR) is 81.2 cm³/mol. The summed E-state index contributed by atoms with van der Waals surface area (Å²) < 4.78 is 23.0. The Morgan fingerprint density at radius 3 is 2.30 bits per heavy atom. The third kappa shape index (κ3) is 5.66. The molecule has 0 bridgehead atoms. The number of rotatable bonds is 4. The van der Waals surface area contributed by atoms with Crippen molar-refractivity contribution in [2.24, 2.45) is 0 Å². The Kier molecular flexibility index (Phi) is 6.48. The number of sulfone groups is 1. The monoisotopic (exact) mass is 323 g/mol. The Morgan fingerprint density at radius 2 is 1.85 bits per heavy atom. The number of phenolic OH excluding ortho intramolecular Hbond substituents is 1. The van der Waals surface area contributed by atoms with Crippen molar-refractivity contribution in [3.05, 3.63) is 23.8 Å². The summed E-state index contributed by atoms with van der Waals surface area (Å²) in [7, 11) is -3.51. The molecule has 116 valence electrons. The van der Waals surface area contributed by atoms with Crippen LogP contribution in [0.25, 0.3) is 0 Å². The van der Waals surface area contributed by atoms with Crippen molar-refractivity contribution in [1.82, 2.24) is 5.32 Å². The topological polar surface area (TPSA) is 86.6 Å². The van der Waals surface area contributed by atoms with E-state index in [2.05, 4.69) is 5.32 Å². The first kappa shape index (κ1) is 19.2. The van der Waals surface area contributed by atoms with Crippen LogP contribution in [0.2, 0.25) is 0 Å². The summed E-state index contributed by atoms with van der Waals surface area (Å²) >= 11 is 0. The third-order valence-electron chi connectivity index (χ3n) is 2.59. The molecule has 0 saturated carbocycles. The summed E-state index contributed by atoms with van der Waals surface area (Å²) in [6.45, 7) is 6.22. The Bertz CT molecular complexity index is 552. The van der Waals surface area contributed by atoms with Crippen LogP contribution in [0.4, 0.5) is 0 Å². The molecule has 0 aliphatic heterocycles. The van der Waals surface area contributed by atoms with Gasteiger partial charge in [-0.25, -0.2) is 8.42 Å². The van der Waals surface area contributed by atoms with Gasteiger partial charge in [-0.1, -0.05) is 6.07 Å². The van der Waals surface area contributed by atoms with Gasteiger partial charge in [-0.15, -0.1) is 12.4 Å². The summed E-state index contributed by atoms with van der Waals surface area (Å²) in [5.74, 6) is -0.303. The Labute approximate surface area is 126 Å². The lowest BCUT2D eigenvalue weighted by Crippen LogP contribution is -2.38. The molecule has 3 N–H and O–H groups in total. The van der Waals surface area contributed by atoms with E-state index in [-0.39, 0.29) is 28.6 Å². The first-order valence-electron chi connectivity index (χ1n) is 5.97. The molecule has 0 aliphatic carbocycles. The van der Waals surface area contributed by atoms with Crippen LogP contribution in [0.1, 0.15) is 32.4 Å². The fourth-order valence-electron chi connectivity index (χ4n) is 1.56. The van der Waals surface area contributed by atoms with E-state index >= 15 is 0 Å². The van der Waals surface area contributed by atoms with Crippen molar-refractivity contribution in [2.75, 3.05) is 12.8 Å². The van der Waals surface area contributed by atoms with E-state index in [1.807, 2.05) is 20.8 Å². The molecule has 0 saturated heterocycles. The van der Waals surface area contributed by atoms with Crippen LogP contribution in [-0.2, 0) is 9.84 Å². The lowest BCUT2D eigenvalue weighted by atomic mass is 10.1. The highest BCUT2D eigenvalue weighted by Gasteiger charge is 2.18. The van der Waals surface area contributed by atoms with E-state index in [1.165, 1.54) is 18.2 Å². The van der Waals surface area contributed by atoms with Crippen molar-refractivity contribution in [3.63, 3.8) is 0 Å². The van der Waals surface area contributed by atoms with Crippen LogP contribution in [0.15, 0.2) is 23.1 Å². The second-order valence-corrected chi connectivity index (χ2v) is 7.63. The van der Waals surface area contributed by atoms with E-state index in [4.69, 9.17) is 0 Å². The lowest BCUT2D eigenvalue weighted by Gasteiger charge is -2.23. The average molecular weight is 324 g/mol. The van der Waals surface area contributed by atoms with Gasteiger partial charge in [-0.3, -0.25) is 0 Å². The molecule has 0 aromatic heterocycles. The van der Waals surface area contributed by atoms with Gasteiger partial charge in [0.1, 0.15) is 10.6 Å². The van der Waals surface area contributed by atoms with E-state index in [0.717, 1.165) is 6.26 Å². The second kappa shape index (κ2) is 6.76. The number of hydrogen-bond acceptors (Lipinski definition) is 5. The zero-order valence-corrected chi connectivity index (χ0v) is 13.7. The first-order chi connectivity index (χ1) is 8.50. The third-order valence-corrected chi connectivity index (χ3v) is 3.72. The number of hydrogen-bond donors (Lipinski definition) is 3. The molecule has 0 fully saturated rings. The molecule has 1 atom stereocenters. The van der Waals surface area contributed by atoms with Crippen molar-refractivity contribution in [2.45, 2.75) is 37.3 Å². The van der Waals surface area contributed by atoms with Gasteiger partial charge in [0.25, 0.3) is 0 Å². The molecule has 1 aromatic carbocycles. The number of aliphatic hydroxyl groups excluding tert-OH is 1. The Balaban J connectivity index is 0.00000361. The van der Waals surface area contributed by atoms with Crippen molar-refractivity contribution in [3.8, 4) is 5.75 Å². The van der Waals surface area contributed by atoms with Crippen LogP contribution in [0, 0.1) is 0 Å². The zero-order chi connectivity index (χ0) is 14.8. The molecule has 0 radical (unpaired) electrons. The SMILES string of the molecule is CC(C)(C)NCC(O)c1ccc(O)c(S(C)(=O)=O)c1.Cl. The molecule has 0 heterocycles. The highest BCUT2D eigenvalue weighted by atomic mass is 35.5. The molecular formula is C13H22ClNO4S. The second-order valence-electron chi connectivity index (χ2n) is 5.65. The molecule has 1 unspecified atom stereocenters. The fraction of sp³-hybridized carbons (Fsp3) is 0.538. The lowest BCUT2D eigenvalue weighted by molar-refractivity contribution is 0.163. The van der Waals surface area contributed by atoms with Crippen molar-refractivity contribution < 1.29 is 18.6 Å². The summed E-state index contributed by atoms with van der Waals surface area (Å²) in [6.07, 6.45) is 0.186. The average Bonchev–Trinajstić information content (AvgIpc) is 2.24. The predicted octanol–water partition coefficient (Wildman–Crippen LogP) is 1.64. The van der Waals surface area contributed by atoms with E-state index in [0.29, 0.717) is 12.1 Å². The maximum Gasteiger partial charge on any atom is 0.179 e. The summed E-state index contributed by atoms with van der Waals surface area (Å²) in [5, 5.41) is 22.7. The largest absolute Gasteiger partial charge is 0.507 e. The minimum absolute atomic E-state index is 0. The van der Waals surface area contributed by atoms with Gasteiger partial charge < -0.3 is 15.5 Å². The molecule has 5 nitrogen and oxygen atoms in total. The molecule has 0 spiro atoms. The molecule has 1 rings (SSSR count). The summed E-state index contributed by atoms with van der Waals surface area (Å²) in [6, 6.07) is 4.10. The smallest absolute Gasteiger partial charge is 0.179 e. The highest BCUT2D eigenvalue weighted by molar-refractivity contribution is 7.90.